The van der Waals surface area contributed by atoms with Crippen molar-refractivity contribution in [1.29, 1.82) is 0 Å². The van der Waals surface area contributed by atoms with E-state index in [1.807, 2.05) is 6.92 Å². The monoisotopic (exact) mass is 302 g/mol. The molecule has 0 spiro atoms. The predicted molar refractivity (Wildman–Crippen MR) is 81.9 cm³/mol. The fourth-order valence-corrected chi connectivity index (χ4v) is 2.17. The maximum atomic E-state index is 10.5. The highest BCUT2D eigenvalue weighted by Gasteiger charge is 2.20. The van der Waals surface area contributed by atoms with Crippen LogP contribution in [0.2, 0.25) is 0 Å². The van der Waals surface area contributed by atoms with Gasteiger partial charge in [0.15, 0.2) is 0 Å². The van der Waals surface area contributed by atoms with Crippen molar-refractivity contribution in [3.05, 3.63) is 29.8 Å². The van der Waals surface area contributed by atoms with Crippen LogP contribution >= 0.6 is 0 Å². The van der Waals surface area contributed by atoms with Crippen LogP contribution in [0, 0.1) is 12.3 Å². The van der Waals surface area contributed by atoms with Crippen LogP contribution in [-0.4, -0.2) is 19.0 Å². The second kappa shape index (κ2) is 7.73. The summed E-state index contributed by atoms with van der Waals surface area (Å²) in [5, 5.41) is 0. The summed E-state index contributed by atoms with van der Waals surface area (Å²) < 4.78 is 29.6. The molecule has 1 rings (SSSR count). The molecule has 1 atom stereocenters. The van der Waals surface area contributed by atoms with E-state index in [2.05, 4.69) is 33.1 Å². The number of nitrogens with two attached hydrogens (primary N) is 1. The summed E-state index contributed by atoms with van der Waals surface area (Å²) in [6.45, 7) is 10.5. The van der Waals surface area contributed by atoms with E-state index < -0.39 is 10.1 Å². The summed E-state index contributed by atoms with van der Waals surface area (Å²) in [7, 11) is -4.02. The standard InChI is InChI=1S/C7H18N2.C7H8O3S/c1-5-6(9-8)7(2,3)4;1-6-2-4-7(5-3-6)11(8,9)10/h6,9H,5,8H2,1-4H3;2-5H,1H3,(H,8,9,10). The third-order valence-corrected chi connectivity index (χ3v) is 3.84. The third kappa shape index (κ3) is 7.00. The van der Waals surface area contributed by atoms with Gasteiger partial charge in [0.05, 0.1) is 4.90 Å². The molecule has 0 radical (unpaired) electrons. The van der Waals surface area contributed by atoms with Gasteiger partial charge >= 0.3 is 0 Å². The van der Waals surface area contributed by atoms with Crippen molar-refractivity contribution in [3.63, 3.8) is 0 Å². The molecule has 116 valence electrons. The molecule has 0 fully saturated rings. The number of hydrogen-bond donors (Lipinski definition) is 3. The predicted octanol–water partition coefficient (Wildman–Crippen LogP) is 2.52. The van der Waals surface area contributed by atoms with E-state index in [0.717, 1.165) is 12.0 Å². The zero-order valence-electron chi connectivity index (χ0n) is 12.8. The molecule has 1 unspecified atom stereocenters. The van der Waals surface area contributed by atoms with Crippen LogP contribution in [0.3, 0.4) is 0 Å². The highest BCUT2D eigenvalue weighted by Crippen LogP contribution is 2.20. The van der Waals surface area contributed by atoms with Gasteiger partial charge in [-0.1, -0.05) is 45.4 Å². The van der Waals surface area contributed by atoms with Crippen molar-refractivity contribution in [2.45, 2.75) is 52.0 Å². The van der Waals surface area contributed by atoms with Crippen molar-refractivity contribution in [3.8, 4) is 0 Å². The van der Waals surface area contributed by atoms with Gasteiger partial charge < -0.3 is 0 Å². The van der Waals surface area contributed by atoms with Crippen molar-refractivity contribution in [2.75, 3.05) is 0 Å². The van der Waals surface area contributed by atoms with Crippen LogP contribution in [0.15, 0.2) is 29.2 Å². The minimum absolute atomic E-state index is 0.0666. The van der Waals surface area contributed by atoms with Gasteiger partial charge in [-0.2, -0.15) is 8.42 Å². The van der Waals surface area contributed by atoms with Crippen molar-refractivity contribution in [2.24, 2.45) is 11.3 Å². The fraction of sp³-hybridized carbons (Fsp3) is 0.571. The van der Waals surface area contributed by atoms with Crippen LogP contribution in [0.4, 0.5) is 0 Å². The van der Waals surface area contributed by atoms with Crippen molar-refractivity contribution in [1.82, 2.24) is 5.43 Å². The summed E-state index contributed by atoms with van der Waals surface area (Å²) in [5.41, 5.74) is 4.03. The Morgan fingerprint density at radius 3 is 1.90 bits per heavy atom. The molecular formula is C14H26N2O3S. The number of nitrogens with one attached hydrogen (secondary N) is 1. The Hall–Kier alpha value is -0.950. The van der Waals surface area contributed by atoms with Gasteiger partial charge in [-0.05, 0) is 30.9 Å². The van der Waals surface area contributed by atoms with Gasteiger partial charge in [0.1, 0.15) is 0 Å². The highest BCUT2D eigenvalue weighted by molar-refractivity contribution is 7.85. The van der Waals surface area contributed by atoms with Crippen LogP contribution in [-0.2, 0) is 10.1 Å². The van der Waals surface area contributed by atoms with E-state index in [9.17, 15) is 8.42 Å². The molecule has 1 aromatic rings. The Bertz CT molecular complexity index is 486. The highest BCUT2D eigenvalue weighted by atomic mass is 32.2. The average molecular weight is 302 g/mol. The molecule has 1 aromatic carbocycles. The van der Waals surface area contributed by atoms with E-state index >= 15 is 0 Å². The Morgan fingerprint density at radius 1 is 1.25 bits per heavy atom. The molecule has 0 bridgehead atoms. The summed E-state index contributed by atoms with van der Waals surface area (Å²) in [6.07, 6.45) is 1.08. The number of hydrazine groups is 1. The molecule has 0 aromatic heterocycles. The van der Waals surface area contributed by atoms with Gasteiger partial charge in [-0.15, -0.1) is 0 Å². The molecule has 0 aliphatic carbocycles. The Labute approximate surface area is 122 Å². The van der Waals surface area contributed by atoms with E-state index in [4.69, 9.17) is 10.4 Å². The zero-order valence-corrected chi connectivity index (χ0v) is 13.7. The Morgan fingerprint density at radius 2 is 1.70 bits per heavy atom. The summed E-state index contributed by atoms with van der Waals surface area (Å²) in [6, 6.07) is 6.42. The lowest BCUT2D eigenvalue weighted by Crippen LogP contribution is -2.43. The van der Waals surface area contributed by atoms with Gasteiger partial charge in [0.25, 0.3) is 10.1 Å². The van der Waals surface area contributed by atoms with E-state index in [0.29, 0.717) is 6.04 Å². The number of aryl methyl sites for hydroxylation is 1. The molecule has 0 amide bonds. The van der Waals surface area contributed by atoms with Gasteiger partial charge in [0, 0.05) is 6.04 Å². The molecule has 0 heterocycles. The summed E-state index contributed by atoms with van der Waals surface area (Å²) >= 11 is 0. The van der Waals surface area contributed by atoms with Crippen LogP contribution in [0.5, 0.6) is 0 Å². The molecule has 0 aliphatic heterocycles. The van der Waals surface area contributed by atoms with E-state index in [1.54, 1.807) is 12.1 Å². The average Bonchev–Trinajstić information content (AvgIpc) is 2.28. The summed E-state index contributed by atoms with van der Waals surface area (Å²) in [5.74, 6) is 5.32. The molecule has 0 saturated carbocycles. The minimum atomic E-state index is -4.02. The number of benzene rings is 1. The molecule has 20 heavy (non-hydrogen) atoms. The lowest BCUT2D eigenvalue weighted by Gasteiger charge is -2.28. The molecule has 5 nitrogen and oxygen atoms in total. The van der Waals surface area contributed by atoms with Crippen LogP contribution < -0.4 is 11.3 Å². The van der Waals surface area contributed by atoms with Gasteiger partial charge in [0.2, 0.25) is 0 Å². The molecule has 4 N–H and O–H groups in total. The summed E-state index contributed by atoms with van der Waals surface area (Å²) in [4.78, 5) is -0.0666. The van der Waals surface area contributed by atoms with E-state index in [-0.39, 0.29) is 10.3 Å². The molecule has 0 saturated heterocycles. The fourth-order valence-electron chi connectivity index (χ4n) is 1.69. The number of hydrogen-bond acceptors (Lipinski definition) is 4. The SMILES string of the molecule is CCC(NN)C(C)(C)C.Cc1ccc(S(=O)(=O)O)cc1. The quantitative estimate of drug-likeness (QED) is 0.453. The lowest BCUT2D eigenvalue weighted by atomic mass is 9.86. The topological polar surface area (TPSA) is 92.4 Å². The Balaban J connectivity index is 0.000000370. The second-order valence-electron chi connectivity index (χ2n) is 5.78. The third-order valence-electron chi connectivity index (χ3n) is 2.97. The first-order valence-electron chi connectivity index (χ1n) is 6.52. The van der Waals surface area contributed by atoms with Crippen molar-refractivity contribution >= 4 is 10.1 Å². The first kappa shape index (κ1) is 19.1. The zero-order chi connectivity index (χ0) is 16.0. The van der Waals surface area contributed by atoms with E-state index in [1.165, 1.54) is 12.1 Å². The Kier molecular flexibility index (Phi) is 7.37. The van der Waals surface area contributed by atoms with Crippen molar-refractivity contribution < 1.29 is 13.0 Å². The molecule has 6 heteroatoms. The van der Waals surface area contributed by atoms with Crippen LogP contribution in [0.25, 0.3) is 0 Å². The molecule has 0 aliphatic rings. The smallest absolute Gasteiger partial charge is 0.282 e. The van der Waals surface area contributed by atoms with Gasteiger partial charge in [-0.3, -0.25) is 15.8 Å². The van der Waals surface area contributed by atoms with Gasteiger partial charge in [-0.25, -0.2) is 0 Å². The first-order valence-corrected chi connectivity index (χ1v) is 7.96. The normalized spacial score (nSPS) is 13.3. The maximum Gasteiger partial charge on any atom is 0.294 e. The molecular weight excluding hydrogens is 276 g/mol. The second-order valence-corrected chi connectivity index (χ2v) is 7.20. The minimum Gasteiger partial charge on any atom is -0.282 e. The van der Waals surface area contributed by atoms with Crippen LogP contribution in [0.1, 0.15) is 39.7 Å². The lowest BCUT2D eigenvalue weighted by molar-refractivity contribution is 0.264. The number of rotatable bonds is 3. The first-order chi connectivity index (χ1) is 9.02. The maximum absolute atomic E-state index is 10.5. The largest absolute Gasteiger partial charge is 0.294 e.